The van der Waals surface area contributed by atoms with Gasteiger partial charge in [-0.3, -0.25) is 0 Å². The highest BCUT2D eigenvalue weighted by atomic mass is 16.5. The smallest absolute Gasteiger partial charge is 0.158 e. The van der Waals surface area contributed by atoms with Crippen LogP contribution in [0.1, 0.15) is 53.3 Å². The molecule has 0 amide bonds. The molecule has 2 N–H and O–H groups in total. The Balaban J connectivity index is 2.89. The molecule has 0 aliphatic heterocycles. The van der Waals surface area contributed by atoms with Crippen molar-refractivity contribution in [2.75, 3.05) is 23.8 Å². The van der Waals surface area contributed by atoms with Gasteiger partial charge in [-0.1, -0.05) is 13.3 Å². The minimum Gasteiger partial charge on any atom is -0.374 e. The SMILES string of the molecule is CCCC(C)(C)Nc1cc(NCC)nc(COCC)n1. The lowest BCUT2D eigenvalue weighted by molar-refractivity contribution is 0.128. The van der Waals surface area contributed by atoms with Gasteiger partial charge in [0.05, 0.1) is 0 Å². The van der Waals surface area contributed by atoms with Crippen molar-refractivity contribution < 1.29 is 4.74 Å². The molecule has 20 heavy (non-hydrogen) atoms. The molecule has 1 aromatic heterocycles. The third kappa shape index (κ3) is 5.74. The first-order chi connectivity index (χ1) is 9.50. The molecule has 0 fully saturated rings. The highest BCUT2D eigenvalue weighted by Gasteiger charge is 2.17. The molecule has 114 valence electrons. The van der Waals surface area contributed by atoms with Gasteiger partial charge in [-0.2, -0.15) is 0 Å². The number of nitrogens with zero attached hydrogens (tertiary/aromatic N) is 2. The van der Waals surface area contributed by atoms with E-state index in [1.54, 1.807) is 0 Å². The molecule has 0 saturated heterocycles. The lowest BCUT2D eigenvalue weighted by atomic mass is 9.99. The summed E-state index contributed by atoms with van der Waals surface area (Å²) in [7, 11) is 0. The fraction of sp³-hybridized carbons (Fsp3) is 0.733. The monoisotopic (exact) mass is 280 g/mol. The van der Waals surface area contributed by atoms with Crippen LogP contribution in [-0.2, 0) is 11.3 Å². The molecule has 0 saturated carbocycles. The molecule has 0 unspecified atom stereocenters. The van der Waals surface area contributed by atoms with E-state index in [0.717, 1.165) is 31.0 Å². The van der Waals surface area contributed by atoms with Crippen molar-refractivity contribution >= 4 is 11.6 Å². The van der Waals surface area contributed by atoms with Crippen LogP contribution in [0.15, 0.2) is 6.07 Å². The van der Waals surface area contributed by atoms with Gasteiger partial charge in [-0.25, -0.2) is 9.97 Å². The number of hydrogen-bond acceptors (Lipinski definition) is 5. The standard InChI is InChI=1S/C15H28N4O/c1-6-9-15(4,5)19-13-10-12(16-7-2)17-14(18-13)11-20-8-3/h10H,6-9,11H2,1-5H3,(H2,16,17,18,19). The Kier molecular flexibility index (Phi) is 6.71. The fourth-order valence-electron chi connectivity index (χ4n) is 2.12. The lowest BCUT2D eigenvalue weighted by Crippen LogP contribution is -2.31. The Morgan fingerprint density at radius 1 is 1.15 bits per heavy atom. The molecule has 0 bridgehead atoms. The maximum Gasteiger partial charge on any atom is 0.158 e. The second kappa shape index (κ2) is 8.04. The second-order valence-electron chi connectivity index (χ2n) is 5.48. The summed E-state index contributed by atoms with van der Waals surface area (Å²) in [6, 6.07) is 1.95. The van der Waals surface area contributed by atoms with Crippen molar-refractivity contribution in [3.05, 3.63) is 11.9 Å². The van der Waals surface area contributed by atoms with E-state index < -0.39 is 0 Å². The quantitative estimate of drug-likeness (QED) is 0.725. The van der Waals surface area contributed by atoms with Crippen LogP contribution in [0.25, 0.3) is 0 Å². The van der Waals surface area contributed by atoms with Crippen LogP contribution in [-0.4, -0.2) is 28.7 Å². The van der Waals surface area contributed by atoms with Crippen molar-refractivity contribution in [1.82, 2.24) is 9.97 Å². The van der Waals surface area contributed by atoms with E-state index >= 15 is 0 Å². The zero-order valence-electron chi connectivity index (χ0n) is 13.4. The predicted octanol–water partition coefficient (Wildman–Crippen LogP) is 3.44. The van der Waals surface area contributed by atoms with Crippen LogP contribution in [0, 0.1) is 0 Å². The Morgan fingerprint density at radius 3 is 2.45 bits per heavy atom. The van der Waals surface area contributed by atoms with Crippen LogP contribution in [0.3, 0.4) is 0 Å². The summed E-state index contributed by atoms with van der Waals surface area (Å²) in [5.41, 5.74) is 0.0233. The molecule has 1 aromatic rings. The maximum absolute atomic E-state index is 5.40. The molecule has 0 aliphatic carbocycles. The summed E-state index contributed by atoms with van der Waals surface area (Å²) >= 11 is 0. The van der Waals surface area contributed by atoms with Gasteiger partial charge in [0.2, 0.25) is 0 Å². The van der Waals surface area contributed by atoms with Gasteiger partial charge in [0.1, 0.15) is 18.2 Å². The van der Waals surface area contributed by atoms with Gasteiger partial charge < -0.3 is 15.4 Å². The van der Waals surface area contributed by atoms with E-state index in [1.807, 2.05) is 13.0 Å². The fourth-order valence-corrected chi connectivity index (χ4v) is 2.12. The Labute approximate surface area is 122 Å². The minimum atomic E-state index is 0.0233. The molecule has 0 radical (unpaired) electrons. The van der Waals surface area contributed by atoms with Crippen LogP contribution in [0.5, 0.6) is 0 Å². The van der Waals surface area contributed by atoms with E-state index in [2.05, 4.69) is 48.3 Å². The zero-order chi connectivity index (χ0) is 15.0. The van der Waals surface area contributed by atoms with Crippen LogP contribution >= 0.6 is 0 Å². The van der Waals surface area contributed by atoms with E-state index in [4.69, 9.17) is 4.74 Å². The Hall–Kier alpha value is -1.36. The Morgan fingerprint density at radius 2 is 1.85 bits per heavy atom. The first-order valence-electron chi connectivity index (χ1n) is 7.48. The third-order valence-electron chi connectivity index (χ3n) is 2.91. The largest absolute Gasteiger partial charge is 0.374 e. The highest BCUT2D eigenvalue weighted by molar-refractivity contribution is 5.48. The first-order valence-corrected chi connectivity index (χ1v) is 7.48. The van der Waals surface area contributed by atoms with Crippen molar-refractivity contribution in [2.45, 2.75) is 59.6 Å². The van der Waals surface area contributed by atoms with Crippen molar-refractivity contribution in [1.29, 1.82) is 0 Å². The summed E-state index contributed by atoms with van der Waals surface area (Å²) in [6.45, 7) is 12.5. The molecular formula is C15H28N4O. The van der Waals surface area contributed by atoms with Crippen molar-refractivity contribution in [3.63, 3.8) is 0 Å². The molecule has 5 nitrogen and oxygen atoms in total. The molecule has 1 heterocycles. The normalized spacial score (nSPS) is 11.4. The summed E-state index contributed by atoms with van der Waals surface area (Å²) in [5, 5.41) is 6.72. The van der Waals surface area contributed by atoms with Gasteiger partial charge in [0, 0.05) is 24.8 Å². The van der Waals surface area contributed by atoms with E-state index in [-0.39, 0.29) is 5.54 Å². The number of hydrogen-bond donors (Lipinski definition) is 2. The van der Waals surface area contributed by atoms with Gasteiger partial charge in [-0.15, -0.1) is 0 Å². The van der Waals surface area contributed by atoms with Gasteiger partial charge in [0.15, 0.2) is 5.82 Å². The highest BCUT2D eigenvalue weighted by Crippen LogP contribution is 2.20. The summed E-state index contributed by atoms with van der Waals surface area (Å²) < 4.78 is 5.40. The molecule has 5 heteroatoms. The zero-order valence-corrected chi connectivity index (χ0v) is 13.4. The average molecular weight is 280 g/mol. The van der Waals surface area contributed by atoms with E-state index in [0.29, 0.717) is 19.0 Å². The molecule has 0 spiro atoms. The number of ether oxygens (including phenoxy) is 1. The second-order valence-corrected chi connectivity index (χ2v) is 5.48. The van der Waals surface area contributed by atoms with E-state index in [1.165, 1.54) is 0 Å². The van der Waals surface area contributed by atoms with Crippen molar-refractivity contribution in [3.8, 4) is 0 Å². The maximum atomic E-state index is 5.40. The lowest BCUT2D eigenvalue weighted by Gasteiger charge is -2.26. The van der Waals surface area contributed by atoms with Gasteiger partial charge in [-0.05, 0) is 34.1 Å². The topological polar surface area (TPSA) is 59.1 Å². The van der Waals surface area contributed by atoms with Crippen LogP contribution in [0.4, 0.5) is 11.6 Å². The van der Waals surface area contributed by atoms with Gasteiger partial charge in [0.25, 0.3) is 0 Å². The molecular weight excluding hydrogens is 252 g/mol. The number of nitrogens with one attached hydrogen (secondary N) is 2. The van der Waals surface area contributed by atoms with Crippen molar-refractivity contribution in [2.24, 2.45) is 0 Å². The molecule has 0 aliphatic rings. The third-order valence-corrected chi connectivity index (χ3v) is 2.91. The minimum absolute atomic E-state index is 0.0233. The predicted molar refractivity (Wildman–Crippen MR) is 84.1 cm³/mol. The molecule has 1 rings (SSSR count). The summed E-state index contributed by atoms with van der Waals surface area (Å²) in [4.78, 5) is 8.98. The molecule has 0 aromatic carbocycles. The summed E-state index contributed by atoms with van der Waals surface area (Å²) in [5.74, 6) is 2.40. The Bertz CT molecular complexity index is 407. The van der Waals surface area contributed by atoms with Crippen LogP contribution in [0.2, 0.25) is 0 Å². The van der Waals surface area contributed by atoms with Gasteiger partial charge >= 0.3 is 0 Å². The molecule has 0 atom stereocenters. The first kappa shape index (κ1) is 16.7. The number of rotatable bonds is 9. The number of anilines is 2. The van der Waals surface area contributed by atoms with Crippen LogP contribution < -0.4 is 10.6 Å². The number of aromatic nitrogens is 2. The average Bonchev–Trinajstić information content (AvgIpc) is 2.35. The summed E-state index contributed by atoms with van der Waals surface area (Å²) in [6.07, 6.45) is 2.23. The van der Waals surface area contributed by atoms with E-state index in [9.17, 15) is 0 Å².